The summed E-state index contributed by atoms with van der Waals surface area (Å²) < 4.78 is 40.9. The van der Waals surface area contributed by atoms with Gasteiger partial charge in [0.1, 0.15) is 6.54 Å². The Labute approximate surface area is 188 Å². The number of anilines is 2. The van der Waals surface area contributed by atoms with E-state index in [0.717, 1.165) is 21.5 Å². The predicted octanol–water partition coefficient (Wildman–Crippen LogP) is 4.97. The van der Waals surface area contributed by atoms with Crippen molar-refractivity contribution < 1.29 is 18.0 Å². The molecule has 4 aromatic rings. The standard InChI is InChI=1S/C24H20F3N5O/c1-31(18-7-3-2-4-8-18)19-13-11-17(12-14-19)15-28-30-22(33)16-32-21-10-6-5-9-20(21)29-23(32)24(25,26)27/h2-15H,16H2,1H3,(H,30,33). The average Bonchev–Trinajstić information content (AvgIpc) is 3.19. The number of amides is 1. The van der Waals surface area contributed by atoms with E-state index in [1.165, 1.54) is 18.3 Å². The number of halogens is 3. The zero-order valence-electron chi connectivity index (χ0n) is 17.6. The molecule has 0 atom stereocenters. The van der Waals surface area contributed by atoms with Crippen LogP contribution in [0.1, 0.15) is 11.4 Å². The maximum absolute atomic E-state index is 13.4. The second-order valence-corrected chi connectivity index (χ2v) is 7.29. The van der Waals surface area contributed by atoms with Crippen molar-refractivity contribution in [1.82, 2.24) is 15.0 Å². The minimum atomic E-state index is -4.68. The topological polar surface area (TPSA) is 62.5 Å². The van der Waals surface area contributed by atoms with Gasteiger partial charge in [-0.05, 0) is 42.0 Å². The number of rotatable bonds is 6. The lowest BCUT2D eigenvalue weighted by Gasteiger charge is -2.19. The number of hydrazone groups is 1. The molecule has 3 aromatic carbocycles. The molecule has 0 aliphatic heterocycles. The summed E-state index contributed by atoms with van der Waals surface area (Å²) in [5.74, 6) is -1.82. The average molecular weight is 451 g/mol. The molecule has 1 amide bonds. The van der Waals surface area contributed by atoms with E-state index in [1.54, 1.807) is 12.1 Å². The number of nitrogens with one attached hydrogen (secondary N) is 1. The van der Waals surface area contributed by atoms with Gasteiger partial charge in [0, 0.05) is 18.4 Å². The molecule has 0 fully saturated rings. The summed E-state index contributed by atoms with van der Waals surface area (Å²) in [4.78, 5) is 17.9. The fourth-order valence-corrected chi connectivity index (χ4v) is 3.39. The SMILES string of the molecule is CN(c1ccccc1)c1ccc(C=NNC(=O)Cn2c(C(F)(F)F)nc3ccccc32)cc1. The molecule has 9 heteroatoms. The molecule has 6 nitrogen and oxygen atoms in total. The van der Waals surface area contributed by atoms with Crippen LogP contribution in [0, 0.1) is 0 Å². The Morgan fingerprint density at radius 1 is 1.00 bits per heavy atom. The van der Waals surface area contributed by atoms with Gasteiger partial charge >= 0.3 is 6.18 Å². The van der Waals surface area contributed by atoms with Crippen LogP contribution in [0.15, 0.2) is 84.0 Å². The highest BCUT2D eigenvalue weighted by atomic mass is 19.4. The lowest BCUT2D eigenvalue weighted by atomic mass is 10.2. The van der Waals surface area contributed by atoms with Crippen LogP contribution in [0.25, 0.3) is 11.0 Å². The van der Waals surface area contributed by atoms with Gasteiger partial charge in [-0.1, -0.05) is 42.5 Å². The molecule has 1 N–H and O–H groups in total. The van der Waals surface area contributed by atoms with Gasteiger partial charge in [0.05, 0.1) is 17.2 Å². The van der Waals surface area contributed by atoms with Gasteiger partial charge in [-0.25, -0.2) is 10.4 Å². The van der Waals surface area contributed by atoms with Crippen molar-refractivity contribution in [3.8, 4) is 0 Å². The van der Waals surface area contributed by atoms with E-state index < -0.39 is 24.5 Å². The molecule has 0 saturated heterocycles. The first-order valence-corrected chi connectivity index (χ1v) is 10.1. The molecule has 33 heavy (non-hydrogen) atoms. The van der Waals surface area contributed by atoms with Crippen molar-refractivity contribution in [2.24, 2.45) is 5.10 Å². The Hall–Kier alpha value is -4.14. The van der Waals surface area contributed by atoms with Crippen LogP contribution in [0.5, 0.6) is 0 Å². The number of carbonyl (C=O) groups is 1. The fourth-order valence-electron chi connectivity index (χ4n) is 3.39. The van der Waals surface area contributed by atoms with Gasteiger partial charge in [-0.15, -0.1) is 0 Å². The van der Waals surface area contributed by atoms with Gasteiger partial charge in [-0.2, -0.15) is 18.3 Å². The quantitative estimate of drug-likeness (QED) is 0.333. The molecular formula is C24H20F3N5O. The number of alkyl halides is 3. The number of imidazole rings is 1. The minimum Gasteiger partial charge on any atom is -0.345 e. The summed E-state index contributed by atoms with van der Waals surface area (Å²) in [6, 6.07) is 23.5. The highest BCUT2D eigenvalue weighted by Crippen LogP contribution is 2.31. The monoisotopic (exact) mass is 451 g/mol. The summed E-state index contributed by atoms with van der Waals surface area (Å²) in [6.45, 7) is -0.562. The molecule has 0 spiro atoms. The molecule has 4 rings (SSSR count). The number of fused-ring (bicyclic) bond motifs is 1. The zero-order chi connectivity index (χ0) is 23.4. The Kier molecular flexibility index (Phi) is 6.12. The van der Waals surface area contributed by atoms with Crippen LogP contribution in [0.3, 0.4) is 0 Å². The zero-order valence-corrected chi connectivity index (χ0v) is 17.6. The van der Waals surface area contributed by atoms with Crippen molar-refractivity contribution in [2.75, 3.05) is 11.9 Å². The van der Waals surface area contributed by atoms with Crippen LogP contribution in [0.2, 0.25) is 0 Å². The number of aromatic nitrogens is 2. The highest BCUT2D eigenvalue weighted by Gasteiger charge is 2.37. The third-order valence-electron chi connectivity index (χ3n) is 5.04. The van der Waals surface area contributed by atoms with Crippen molar-refractivity contribution in [3.05, 3.63) is 90.3 Å². The molecule has 0 radical (unpaired) electrons. The second-order valence-electron chi connectivity index (χ2n) is 7.29. The van der Waals surface area contributed by atoms with E-state index in [9.17, 15) is 18.0 Å². The molecule has 0 saturated carbocycles. The molecule has 0 bridgehead atoms. The summed E-state index contributed by atoms with van der Waals surface area (Å²) in [5, 5.41) is 3.87. The van der Waals surface area contributed by atoms with Crippen LogP contribution >= 0.6 is 0 Å². The van der Waals surface area contributed by atoms with Gasteiger partial charge in [0.25, 0.3) is 5.91 Å². The van der Waals surface area contributed by atoms with Gasteiger partial charge in [0.2, 0.25) is 5.82 Å². The van der Waals surface area contributed by atoms with Crippen molar-refractivity contribution >= 4 is 34.5 Å². The van der Waals surface area contributed by atoms with Crippen LogP contribution < -0.4 is 10.3 Å². The molecule has 0 aliphatic carbocycles. The summed E-state index contributed by atoms with van der Waals surface area (Å²) >= 11 is 0. The number of para-hydroxylation sites is 3. The van der Waals surface area contributed by atoms with Crippen LogP contribution in [-0.4, -0.2) is 28.7 Å². The van der Waals surface area contributed by atoms with E-state index in [-0.39, 0.29) is 11.0 Å². The fraction of sp³-hybridized carbons (Fsp3) is 0.125. The Morgan fingerprint density at radius 3 is 2.33 bits per heavy atom. The largest absolute Gasteiger partial charge is 0.449 e. The maximum atomic E-state index is 13.4. The number of benzene rings is 3. The third kappa shape index (κ3) is 5.03. The number of hydrogen-bond donors (Lipinski definition) is 1. The number of nitrogens with zero attached hydrogens (tertiary/aromatic N) is 4. The van der Waals surface area contributed by atoms with Gasteiger partial charge < -0.3 is 9.47 Å². The lowest BCUT2D eigenvalue weighted by molar-refractivity contribution is -0.147. The van der Waals surface area contributed by atoms with Crippen molar-refractivity contribution in [3.63, 3.8) is 0 Å². The van der Waals surface area contributed by atoms with E-state index in [0.29, 0.717) is 0 Å². The molecule has 168 valence electrons. The van der Waals surface area contributed by atoms with Crippen LogP contribution in [0.4, 0.5) is 24.5 Å². The smallest absolute Gasteiger partial charge is 0.345 e. The summed E-state index contributed by atoms with van der Waals surface area (Å²) in [6.07, 6.45) is -3.25. The Morgan fingerprint density at radius 2 is 1.64 bits per heavy atom. The summed E-state index contributed by atoms with van der Waals surface area (Å²) in [5.41, 5.74) is 5.40. The third-order valence-corrected chi connectivity index (χ3v) is 5.04. The summed E-state index contributed by atoms with van der Waals surface area (Å²) in [7, 11) is 1.95. The number of hydrogen-bond acceptors (Lipinski definition) is 4. The van der Waals surface area contributed by atoms with E-state index >= 15 is 0 Å². The normalized spacial score (nSPS) is 11.8. The minimum absolute atomic E-state index is 0.168. The first kappa shape index (κ1) is 22.1. The maximum Gasteiger partial charge on any atom is 0.449 e. The molecule has 1 aromatic heterocycles. The van der Waals surface area contributed by atoms with Gasteiger partial charge in [0.15, 0.2) is 0 Å². The molecule has 0 aliphatic rings. The number of carbonyl (C=O) groups excluding carboxylic acids is 1. The van der Waals surface area contributed by atoms with E-state index in [1.807, 2.05) is 66.5 Å². The van der Waals surface area contributed by atoms with Crippen molar-refractivity contribution in [2.45, 2.75) is 12.7 Å². The van der Waals surface area contributed by atoms with Crippen LogP contribution in [-0.2, 0) is 17.5 Å². The second kappa shape index (κ2) is 9.15. The first-order chi connectivity index (χ1) is 15.8. The predicted molar refractivity (Wildman–Crippen MR) is 121 cm³/mol. The molecule has 0 unspecified atom stereocenters. The molecule has 1 heterocycles. The van der Waals surface area contributed by atoms with E-state index in [4.69, 9.17) is 0 Å². The van der Waals surface area contributed by atoms with Crippen molar-refractivity contribution in [1.29, 1.82) is 0 Å². The Balaban J connectivity index is 1.42. The first-order valence-electron chi connectivity index (χ1n) is 10.1. The van der Waals surface area contributed by atoms with E-state index in [2.05, 4.69) is 15.5 Å². The lowest BCUT2D eigenvalue weighted by Crippen LogP contribution is -2.26. The van der Waals surface area contributed by atoms with Gasteiger partial charge in [-0.3, -0.25) is 4.79 Å². The molecular weight excluding hydrogens is 431 g/mol. The Bertz CT molecular complexity index is 1280. The highest BCUT2D eigenvalue weighted by molar-refractivity contribution is 5.84.